The predicted molar refractivity (Wildman–Crippen MR) is 133 cm³/mol. The van der Waals surface area contributed by atoms with Crippen molar-refractivity contribution in [3.05, 3.63) is 96.2 Å². The van der Waals surface area contributed by atoms with E-state index in [9.17, 15) is 9.59 Å². The number of anilines is 2. The van der Waals surface area contributed by atoms with Crippen LogP contribution in [0.3, 0.4) is 0 Å². The average molecular weight is 452 g/mol. The van der Waals surface area contributed by atoms with Crippen LogP contribution in [0.15, 0.2) is 85.1 Å². The molecule has 5 rings (SSSR count). The lowest BCUT2D eigenvalue weighted by molar-refractivity contribution is -0.120. The van der Waals surface area contributed by atoms with Crippen LogP contribution in [0.4, 0.5) is 11.4 Å². The van der Waals surface area contributed by atoms with Crippen molar-refractivity contribution < 1.29 is 14.3 Å². The maximum Gasteiger partial charge on any atom is 0.248 e. The number of ether oxygens (including phenoxy) is 1. The number of amides is 2. The number of nitrogens with one attached hydrogen (secondary N) is 1. The molecule has 4 aromatic rings. The standard InChI is InChI=1S/C28H25N3O3/c1-18-8-10-19(11-9-18)23-17-25(32)31(21-12-14-22(34-2)15-13-21)27(23)28(33)30-24-7-3-5-20-6-4-16-29-26(20)24/h3-16,23,27H,17H2,1-2H3,(H,30,33)/t23-,27-/m0/s1. The summed E-state index contributed by atoms with van der Waals surface area (Å²) in [5.74, 6) is 0.0729. The molecular weight excluding hydrogens is 426 g/mol. The zero-order valence-electron chi connectivity index (χ0n) is 19.1. The van der Waals surface area contributed by atoms with Crippen molar-refractivity contribution in [2.75, 3.05) is 17.3 Å². The number of aromatic nitrogens is 1. The third-order valence-corrected chi connectivity index (χ3v) is 6.34. The van der Waals surface area contributed by atoms with Crippen LogP contribution in [-0.4, -0.2) is 29.9 Å². The first kappa shape index (κ1) is 21.6. The van der Waals surface area contributed by atoms with Gasteiger partial charge in [0, 0.05) is 29.6 Å². The van der Waals surface area contributed by atoms with E-state index in [0.29, 0.717) is 22.6 Å². The summed E-state index contributed by atoms with van der Waals surface area (Å²) in [6, 6.07) is 24.0. The molecule has 34 heavy (non-hydrogen) atoms. The number of methoxy groups -OCH3 is 1. The van der Waals surface area contributed by atoms with Crippen LogP contribution in [0.1, 0.15) is 23.5 Å². The Morgan fingerprint density at radius 3 is 2.47 bits per heavy atom. The lowest BCUT2D eigenvalue weighted by Crippen LogP contribution is -2.44. The first-order chi connectivity index (χ1) is 16.5. The van der Waals surface area contributed by atoms with Crippen molar-refractivity contribution in [3.8, 4) is 5.75 Å². The topological polar surface area (TPSA) is 71.5 Å². The van der Waals surface area contributed by atoms with Crippen LogP contribution < -0.4 is 15.0 Å². The second kappa shape index (κ2) is 8.98. The van der Waals surface area contributed by atoms with Gasteiger partial charge in [-0.3, -0.25) is 19.5 Å². The summed E-state index contributed by atoms with van der Waals surface area (Å²) >= 11 is 0. The highest BCUT2D eigenvalue weighted by Gasteiger charge is 2.45. The molecular formula is C28H25N3O3. The summed E-state index contributed by atoms with van der Waals surface area (Å²) < 4.78 is 5.26. The van der Waals surface area contributed by atoms with Gasteiger partial charge in [-0.1, -0.05) is 48.0 Å². The molecule has 0 radical (unpaired) electrons. The number of hydrogen-bond donors (Lipinski definition) is 1. The Morgan fingerprint density at radius 2 is 1.74 bits per heavy atom. The van der Waals surface area contributed by atoms with Gasteiger partial charge in [0.2, 0.25) is 11.8 Å². The zero-order chi connectivity index (χ0) is 23.7. The monoisotopic (exact) mass is 451 g/mol. The van der Waals surface area contributed by atoms with Crippen LogP contribution >= 0.6 is 0 Å². The molecule has 1 aliphatic heterocycles. The molecule has 2 heterocycles. The van der Waals surface area contributed by atoms with Crippen LogP contribution in [0.5, 0.6) is 5.75 Å². The van der Waals surface area contributed by atoms with Crippen molar-refractivity contribution in [3.63, 3.8) is 0 Å². The van der Waals surface area contributed by atoms with Gasteiger partial charge in [-0.05, 0) is 48.9 Å². The molecule has 0 bridgehead atoms. The average Bonchev–Trinajstić information content (AvgIpc) is 3.22. The predicted octanol–water partition coefficient (Wildman–Crippen LogP) is 5.08. The third kappa shape index (κ3) is 3.99. The largest absolute Gasteiger partial charge is 0.497 e. The summed E-state index contributed by atoms with van der Waals surface area (Å²) in [5, 5.41) is 4.00. The van der Waals surface area contributed by atoms with E-state index >= 15 is 0 Å². The molecule has 1 N–H and O–H groups in total. The van der Waals surface area contributed by atoms with E-state index in [1.165, 1.54) is 0 Å². The van der Waals surface area contributed by atoms with E-state index in [1.54, 1.807) is 30.3 Å². The number of para-hydroxylation sites is 1. The highest BCUT2D eigenvalue weighted by molar-refractivity contribution is 6.10. The molecule has 0 unspecified atom stereocenters. The highest BCUT2D eigenvalue weighted by atomic mass is 16.5. The maximum atomic E-state index is 13.8. The maximum absolute atomic E-state index is 13.8. The van der Waals surface area contributed by atoms with Crippen LogP contribution in [0.25, 0.3) is 10.9 Å². The van der Waals surface area contributed by atoms with E-state index in [4.69, 9.17) is 4.74 Å². The smallest absolute Gasteiger partial charge is 0.248 e. The molecule has 1 aromatic heterocycles. The van der Waals surface area contributed by atoms with Crippen molar-refractivity contribution in [1.29, 1.82) is 0 Å². The molecule has 170 valence electrons. The number of hydrogen-bond acceptors (Lipinski definition) is 4. The van der Waals surface area contributed by atoms with E-state index in [-0.39, 0.29) is 24.2 Å². The summed E-state index contributed by atoms with van der Waals surface area (Å²) in [6.07, 6.45) is 1.96. The van der Waals surface area contributed by atoms with Crippen LogP contribution in [-0.2, 0) is 9.59 Å². The molecule has 1 saturated heterocycles. The number of aryl methyl sites for hydroxylation is 1. The van der Waals surface area contributed by atoms with E-state index in [1.807, 2.05) is 73.7 Å². The first-order valence-corrected chi connectivity index (χ1v) is 11.2. The first-order valence-electron chi connectivity index (χ1n) is 11.2. The number of pyridine rings is 1. The van der Waals surface area contributed by atoms with Crippen molar-refractivity contribution in [2.45, 2.75) is 25.3 Å². The molecule has 0 spiro atoms. The second-order valence-electron chi connectivity index (χ2n) is 8.50. The third-order valence-electron chi connectivity index (χ3n) is 6.34. The van der Waals surface area contributed by atoms with Gasteiger partial charge in [0.05, 0.1) is 18.3 Å². The van der Waals surface area contributed by atoms with E-state index < -0.39 is 6.04 Å². The lowest BCUT2D eigenvalue weighted by atomic mass is 9.90. The van der Waals surface area contributed by atoms with Gasteiger partial charge in [-0.2, -0.15) is 0 Å². The molecule has 1 aliphatic rings. The van der Waals surface area contributed by atoms with Crippen molar-refractivity contribution >= 4 is 34.1 Å². The number of fused-ring (bicyclic) bond motifs is 1. The molecule has 0 saturated carbocycles. The van der Waals surface area contributed by atoms with Gasteiger partial charge >= 0.3 is 0 Å². The summed E-state index contributed by atoms with van der Waals surface area (Å²) in [4.78, 5) is 33.1. The number of nitrogens with zero attached hydrogens (tertiary/aromatic N) is 2. The number of carbonyl (C=O) groups excluding carboxylic acids is 2. The fraction of sp³-hybridized carbons (Fsp3) is 0.179. The Labute approximate surface area is 198 Å². The Bertz CT molecular complexity index is 1340. The summed E-state index contributed by atoms with van der Waals surface area (Å²) in [5.41, 5.74) is 4.09. The van der Waals surface area contributed by atoms with Gasteiger partial charge in [0.15, 0.2) is 0 Å². The Kier molecular flexibility index (Phi) is 5.72. The minimum Gasteiger partial charge on any atom is -0.497 e. The quantitative estimate of drug-likeness (QED) is 0.459. The summed E-state index contributed by atoms with van der Waals surface area (Å²) in [6.45, 7) is 2.02. The second-order valence-corrected chi connectivity index (χ2v) is 8.50. The fourth-order valence-corrected chi connectivity index (χ4v) is 4.61. The molecule has 3 aromatic carbocycles. The highest BCUT2D eigenvalue weighted by Crippen LogP contribution is 2.39. The number of benzene rings is 3. The normalized spacial score (nSPS) is 17.7. The van der Waals surface area contributed by atoms with Gasteiger partial charge in [-0.25, -0.2) is 0 Å². The van der Waals surface area contributed by atoms with Crippen LogP contribution in [0.2, 0.25) is 0 Å². The molecule has 2 atom stereocenters. The lowest BCUT2D eigenvalue weighted by Gasteiger charge is -2.28. The van der Waals surface area contributed by atoms with Crippen molar-refractivity contribution in [2.24, 2.45) is 0 Å². The summed E-state index contributed by atoms with van der Waals surface area (Å²) in [7, 11) is 1.60. The van der Waals surface area contributed by atoms with Crippen LogP contribution in [0, 0.1) is 6.92 Å². The van der Waals surface area contributed by atoms with Gasteiger partial charge in [0.1, 0.15) is 11.8 Å². The Hall–Kier alpha value is -4.19. The Morgan fingerprint density at radius 1 is 1.00 bits per heavy atom. The minimum absolute atomic E-state index is 0.0908. The number of carbonyl (C=O) groups is 2. The van der Waals surface area contributed by atoms with Gasteiger partial charge in [-0.15, -0.1) is 0 Å². The van der Waals surface area contributed by atoms with Gasteiger partial charge in [0.25, 0.3) is 0 Å². The molecule has 2 amide bonds. The molecule has 6 heteroatoms. The van der Waals surface area contributed by atoms with E-state index in [2.05, 4.69) is 10.3 Å². The molecule has 6 nitrogen and oxygen atoms in total. The van der Waals surface area contributed by atoms with Gasteiger partial charge < -0.3 is 10.1 Å². The minimum atomic E-state index is -0.706. The van der Waals surface area contributed by atoms with Crippen molar-refractivity contribution in [1.82, 2.24) is 4.98 Å². The SMILES string of the molecule is COc1ccc(N2C(=O)C[C@@H](c3ccc(C)cc3)[C@H]2C(=O)Nc2cccc3cccnc23)cc1. The molecule has 0 aliphatic carbocycles. The zero-order valence-corrected chi connectivity index (χ0v) is 19.1. The number of rotatable bonds is 5. The van der Waals surface area contributed by atoms with E-state index in [0.717, 1.165) is 16.5 Å². The molecule has 1 fully saturated rings. The fourth-order valence-electron chi connectivity index (χ4n) is 4.61. The Balaban J connectivity index is 1.55.